The van der Waals surface area contributed by atoms with Crippen LogP contribution in [0.3, 0.4) is 0 Å². The Bertz CT molecular complexity index is 1320. The van der Waals surface area contributed by atoms with Gasteiger partial charge in [0.15, 0.2) is 0 Å². The number of fused-ring (bicyclic) bond motifs is 1. The molecular formula is C26H23F4N3O. The van der Waals surface area contributed by atoms with Crippen molar-refractivity contribution >= 4 is 16.8 Å². The number of carbonyl (C=O) groups is 1. The van der Waals surface area contributed by atoms with Gasteiger partial charge in [-0.3, -0.25) is 9.48 Å². The van der Waals surface area contributed by atoms with Gasteiger partial charge in [-0.05, 0) is 66.9 Å². The lowest BCUT2D eigenvalue weighted by atomic mass is 9.94. The predicted molar refractivity (Wildman–Crippen MR) is 123 cm³/mol. The van der Waals surface area contributed by atoms with E-state index in [1.807, 2.05) is 12.1 Å². The molecule has 8 heteroatoms. The van der Waals surface area contributed by atoms with Crippen LogP contribution in [0.5, 0.6) is 0 Å². The highest BCUT2D eigenvalue weighted by Gasteiger charge is 2.30. The lowest BCUT2D eigenvalue weighted by molar-refractivity contribution is -0.137. The number of aromatic nitrogens is 2. The van der Waals surface area contributed by atoms with Gasteiger partial charge < -0.3 is 5.73 Å². The molecule has 4 nitrogen and oxygen atoms in total. The van der Waals surface area contributed by atoms with Crippen LogP contribution in [0, 0.1) is 0 Å². The van der Waals surface area contributed by atoms with Gasteiger partial charge >= 0.3 is 6.18 Å². The van der Waals surface area contributed by atoms with Crippen LogP contribution in [0.4, 0.5) is 17.6 Å². The maximum Gasteiger partial charge on any atom is 0.416 e. The molecule has 0 aliphatic rings. The van der Waals surface area contributed by atoms with Gasteiger partial charge in [-0.2, -0.15) is 18.3 Å². The Morgan fingerprint density at radius 1 is 0.941 bits per heavy atom. The Morgan fingerprint density at radius 2 is 1.56 bits per heavy atom. The number of benzene rings is 3. The van der Waals surface area contributed by atoms with Gasteiger partial charge in [0.1, 0.15) is 5.67 Å². The average Bonchev–Trinajstić information content (AvgIpc) is 3.19. The third-order valence-electron chi connectivity index (χ3n) is 5.70. The van der Waals surface area contributed by atoms with E-state index in [0.29, 0.717) is 11.1 Å². The van der Waals surface area contributed by atoms with E-state index in [0.717, 1.165) is 34.2 Å². The van der Waals surface area contributed by atoms with Crippen LogP contribution < -0.4 is 5.73 Å². The first-order valence-electron chi connectivity index (χ1n) is 10.7. The second-order valence-corrected chi connectivity index (χ2v) is 8.86. The molecule has 1 unspecified atom stereocenters. The molecule has 1 heterocycles. The van der Waals surface area contributed by atoms with Crippen molar-refractivity contribution in [3.05, 3.63) is 89.6 Å². The Hall–Kier alpha value is -3.68. The van der Waals surface area contributed by atoms with Crippen LogP contribution in [-0.4, -0.2) is 21.4 Å². The van der Waals surface area contributed by atoms with Gasteiger partial charge in [0.2, 0.25) is 5.91 Å². The van der Waals surface area contributed by atoms with Crippen molar-refractivity contribution in [3.8, 4) is 11.1 Å². The highest BCUT2D eigenvalue weighted by molar-refractivity contribution is 5.92. The monoisotopic (exact) mass is 469 g/mol. The normalized spacial score (nSPS) is 13.2. The minimum Gasteiger partial charge on any atom is -0.366 e. The van der Waals surface area contributed by atoms with Gasteiger partial charge in [0.05, 0.1) is 23.3 Å². The minimum atomic E-state index is -4.39. The zero-order valence-corrected chi connectivity index (χ0v) is 18.6. The van der Waals surface area contributed by atoms with Crippen LogP contribution in [-0.2, 0) is 6.18 Å². The van der Waals surface area contributed by atoms with Gasteiger partial charge in [-0.1, -0.05) is 30.3 Å². The van der Waals surface area contributed by atoms with Crippen molar-refractivity contribution in [1.29, 1.82) is 0 Å². The molecule has 0 aliphatic heterocycles. The molecule has 176 valence electrons. The maximum absolute atomic E-state index is 14.7. The molecule has 1 atom stereocenters. The summed E-state index contributed by atoms with van der Waals surface area (Å²) in [6, 6.07) is 16.7. The van der Waals surface area contributed by atoms with Crippen molar-refractivity contribution in [2.24, 2.45) is 5.73 Å². The third-order valence-corrected chi connectivity index (χ3v) is 5.70. The predicted octanol–water partition coefficient (Wildman–Crippen LogP) is 6.55. The highest BCUT2D eigenvalue weighted by atomic mass is 19.4. The number of rotatable bonds is 6. The van der Waals surface area contributed by atoms with Crippen LogP contribution >= 0.6 is 0 Å². The molecule has 0 radical (unpaired) electrons. The fraction of sp³-hybridized carbons (Fsp3) is 0.231. The summed E-state index contributed by atoms with van der Waals surface area (Å²) in [6.45, 7) is 2.98. The molecule has 0 spiro atoms. The van der Waals surface area contributed by atoms with Crippen molar-refractivity contribution < 1.29 is 22.4 Å². The summed E-state index contributed by atoms with van der Waals surface area (Å²) < 4.78 is 55.1. The first kappa shape index (κ1) is 23.5. The van der Waals surface area contributed by atoms with Crippen molar-refractivity contribution in [2.75, 3.05) is 0 Å². The van der Waals surface area contributed by atoms with Crippen molar-refractivity contribution in [3.63, 3.8) is 0 Å². The summed E-state index contributed by atoms with van der Waals surface area (Å²) in [5, 5.41) is 5.28. The molecule has 0 aliphatic carbocycles. The second kappa shape index (κ2) is 8.59. The molecule has 0 saturated carbocycles. The first-order chi connectivity index (χ1) is 15.9. The molecule has 2 N–H and O–H groups in total. The summed E-state index contributed by atoms with van der Waals surface area (Å²) in [7, 11) is 0. The molecule has 0 saturated heterocycles. The summed E-state index contributed by atoms with van der Waals surface area (Å²) in [5.74, 6) is -0.547. The van der Waals surface area contributed by atoms with E-state index in [-0.39, 0.29) is 6.42 Å². The zero-order chi connectivity index (χ0) is 24.7. The lowest BCUT2D eigenvalue weighted by Gasteiger charge is -2.25. The maximum atomic E-state index is 14.7. The van der Waals surface area contributed by atoms with Crippen molar-refractivity contribution in [2.45, 2.75) is 38.2 Å². The Labute approximate surface area is 194 Å². The fourth-order valence-electron chi connectivity index (χ4n) is 4.01. The summed E-state index contributed by atoms with van der Waals surface area (Å²) in [5.41, 5.74) is 6.40. The van der Waals surface area contributed by atoms with Crippen LogP contribution in [0.25, 0.3) is 22.0 Å². The topological polar surface area (TPSA) is 60.9 Å². The Balaban J connectivity index is 1.72. The molecule has 3 aromatic carbocycles. The van der Waals surface area contributed by atoms with Gasteiger partial charge in [-0.25, -0.2) is 4.39 Å². The standard InChI is InChI=1S/C26H23F4N3O/c1-25(2,27)14-23(17-3-5-18(6-4-17)24(31)34)33-22-12-9-19(13-20(22)15-32-33)16-7-10-21(11-8-16)26(28,29)30/h3-13,15,23H,14H2,1-2H3,(H2,31,34). The molecule has 0 fully saturated rings. The number of hydrogen-bond acceptors (Lipinski definition) is 2. The summed E-state index contributed by atoms with van der Waals surface area (Å²) in [6.07, 6.45) is -2.60. The molecule has 1 amide bonds. The molecule has 4 rings (SSSR count). The summed E-state index contributed by atoms with van der Waals surface area (Å²) >= 11 is 0. The number of nitrogens with zero attached hydrogens (tertiary/aromatic N) is 2. The number of amides is 1. The van der Waals surface area contributed by atoms with Crippen molar-refractivity contribution in [1.82, 2.24) is 9.78 Å². The number of hydrogen-bond donors (Lipinski definition) is 1. The van der Waals surface area contributed by atoms with E-state index < -0.39 is 29.4 Å². The van der Waals surface area contributed by atoms with Gasteiger partial charge in [0.25, 0.3) is 0 Å². The molecule has 0 bridgehead atoms. The van der Waals surface area contributed by atoms with Crippen LogP contribution in [0.15, 0.2) is 72.9 Å². The molecule has 4 aromatic rings. The highest BCUT2D eigenvalue weighted by Crippen LogP contribution is 2.35. The largest absolute Gasteiger partial charge is 0.416 e. The first-order valence-corrected chi connectivity index (χ1v) is 10.7. The zero-order valence-electron chi connectivity index (χ0n) is 18.6. The SMILES string of the molecule is CC(C)(F)CC(c1ccc(C(N)=O)cc1)n1ncc2cc(-c3ccc(C(F)(F)F)cc3)ccc21. The van der Waals surface area contributed by atoms with E-state index in [1.54, 1.807) is 41.2 Å². The second-order valence-electron chi connectivity index (χ2n) is 8.86. The number of nitrogens with two attached hydrogens (primary N) is 1. The molecule has 1 aromatic heterocycles. The van der Waals surface area contributed by atoms with E-state index in [9.17, 15) is 22.4 Å². The molecule has 34 heavy (non-hydrogen) atoms. The lowest BCUT2D eigenvalue weighted by Crippen LogP contribution is -2.23. The number of carbonyl (C=O) groups excluding carboxylic acids is 1. The minimum absolute atomic E-state index is 0.139. The fourth-order valence-corrected chi connectivity index (χ4v) is 4.01. The van der Waals surface area contributed by atoms with Crippen LogP contribution in [0.1, 0.15) is 47.8 Å². The van der Waals surface area contributed by atoms with Crippen LogP contribution in [0.2, 0.25) is 0 Å². The van der Waals surface area contributed by atoms with E-state index in [2.05, 4.69) is 5.10 Å². The van der Waals surface area contributed by atoms with E-state index >= 15 is 0 Å². The van der Waals surface area contributed by atoms with E-state index in [1.165, 1.54) is 26.0 Å². The summed E-state index contributed by atoms with van der Waals surface area (Å²) in [4.78, 5) is 11.4. The van der Waals surface area contributed by atoms with Gasteiger partial charge in [0, 0.05) is 17.4 Å². The van der Waals surface area contributed by atoms with E-state index in [4.69, 9.17) is 5.73 Å². The number of halogens is 4. The average molecular weight is 469 g/mol. The number of alkyl halides is 4. The third kappa shape index (κ3) is 4.95. The van der Waals surface area contributed by atoms with Gasteiger partial charge in [-0.15, -0.1) is 0 Å². The number of primary amides is 1. The Kier molecular flexibility index (Phi) is 5.93. The molecular weight excluding hydrogens is 446 g/mol. The quantitative estimate of drug-likeness (QED) is 0.326. The Morgan fingerprint density at radius 3 is 2.12 bits per heavy atom. The smallest absolute Gasteiger partial charge is 0.366 e.